The molecule has 0 bridgehead atoms. The summed E-state index contributed by atoms with van der Waals surface area (Å²) in [6.07, 6.45) is 12.4. The van der Waals surface area contributed by atoms with Gasteiger partial charge in [-0.2, -0.15) is 0 Å². The molecule has 6 saturated heterocycles. The number of piperazine rings is 2. The molecule has 6 N–H and O–H groups in total. The number of carbonyl (C=O) groups excluding carboxylic acids is 7. The summed E-state index contributed by atoms with van der Waals surface area (Å²) in [5.74, 6) is -0.395. The van der Waals surface area contributed by atoms with Crippen molar-refractivity contribution in [3.8, 4) is 0 Å². The van der Waals surface area contributed by atoms with Crippen LogP contribution in [0.1, 0.15) is 142 Å². The first kappa shape index (κ1) is 67.3. The van der Waals surface area contributed by atoms with Gasteiger partial charge in [0.15, 0.2) is 0 Å². The smallest absolute Gasteiger partial charge is 0.354 e. The molecule has 4 aromatic rings. The summed E-state index contributed by atoms with van der Waals surface area (Å²) in [4.78, 5) is 124. The van der Waals surface area contributed by atoms with Gasteiger partial charge in [0, 0.05) is 117 Å². The number of esters is 2. The predicted molar refractivity (Wildman–Crippen MR) is 332 cm³/mol. The average molecular weight is 1220 g/mol. The second-order valence-electron chi connectivity index (χ2n) is 24.9. The summed E-state index contributed by atoms with van der Waals surface area (Å²) in [7, 11) is 0. The van der Waals surface area contributed by atoms with E-state index in [2.05, 4.69) is 65.3 Å². The third-order valence-electron chi connectivity index (χ3n) is 15.9. The molecule has 0 spiro atoms. The Kier molecular flexibility index (Phi) is 23.5. The van der Waals surface area contributed by atoms with Crippen LogP contribution in [0, 0.1) is 11.8 Å². The fourth-order valence-corrected chi connectivity index (χ4v) is 11.0. The van der Waals surface area contributed by atoms with Crippen LogP contribution in [0.25, 0.3) is 0 Å². The number of hydrogen-bond donors (Lipinski definition) is 5. The maximum atomic E-state index is 12.6. The highest BCUT2D eigenvalue weighted by molar-refractivity contribution is 6.03. The number of anilines is 4. The summed E-state index contributed by atoms with van der Waals surface area (Å²) in [6, 6.07) is 13.2. The predicted octanol–water partition coefficient (Wildman–Crippen LogP) is 4.56. The van der Waals surface area contributed by atoms with E-state index in [0.717, 1.165) is 140 Å². The molecule has 10 rings (SSSR count). The number of imide groups is 2. The zero-order chi connectivity index (χ0) is 62.4. The number of nitrogens with zero attached hydrogens (tertiary/aromatic N) is 10. The molecule has 10 heterocycles. The van der Waals surface area contributed by atoms with Crippen LogP contribution in [0.2, 0.25) is 0 Å². The molecule has 2 unspecified atom stereocenters. The molecular weight excluding hydrogens is 1130 g/mol. The summed E-state index contributed by atoms with van der Waals surface area (Å²) < 4.78 is 10.8. The number of nitrogens with two attached hydrogens (primary N) is 1. The van der Waals surface area contributed by atoms with Gasteiger partial charge in [0.05, 0.1) is 40.9 Å². The highest BCUT2D eigenvalue weighted by atomic mass is 16.6. The zero-order valence-corrected chi connectivity index (χ0v) is 50.9. The minimum absolute atomic E-state index is 0. The van der Waals surface area contributed by atoms with Crippen molar-refractivity contribution in [3.63, 3.8) is 0 Å². The number of hydrogen-bond acceptors (Lipinski definition) is 21. The molecule has 0 saturated carbocycles. The first-order valence-corrected chi connectivity index (χ1v) is 30.1. The number of aromatic carboxylic acids is 1. The number of rotatable bonds is 13. The molecule has 0 aliphatic carbocycles. The number of carbonyl (C=O) groups is 8. The average Bonchev–Trinajstić information content (AvgIpc) is 3.35. The Bertz CT molecular complexity index is 3010. The van der Waals surface area contributed by atoms with Crippen molar-refractivity contribution in [1.29, 1.82) is 0 Å². The van der Waals surface area contributed by atoms with Crippen LogP contribution in [0.15, 0.2) is 73.3 Å². The van der Waals surface area contributed by atoms with Gasteiger partial charge in [-0.05, 0) is 140 Å². The Labute approximate surface area is 515 Å². The standard InChI is InChI=1S/C31H41N7O5.C26H35N5O4.C5H8N2O2.CH4/c1-31(2,3)43-30(42)22-4-8-26(33-18-22)38-12-10-21(11-13-38)20-36-14-16-37(17-15-36)23-5-6-24(32-19-23)28(40)34-25-7-9-27(39)35-29(25)41;1-26(2,3)35-25(34)20-4-7-23(28-16-20)31-10-8-19(9-11-31)18-29-12-14-30(15-13-29)21-5-6-22(24(32)33)27-17-21;6-3-1-2-4(8)7-5(3)9;/h4-6,8,18-19,21,25H,7,9-17,20H2,1-3H3,(H,34,40)(H,35,39,41);4-7,16-17,19H,8-15,18H2,1-3H3,(H,32,33);3H,1-2,6H2,(H,7,8,9);1H4. The van der Waals surface area contributed by atoms with Gasteiger partial charge in [0.1, 0.15) is 40.3 Å². The van der Waals surface area contributed by atoms with E-state index in [1.54, 1.807) is 49.1 Å². The van der Waals surface area contributed by atoms with E-state index in [0.29, 0.717) is 42.2 Å². The Hall–Kier alpha value is -8.16. The van der Waals surface area contributed by atoms with E-state index < -0.39 is 41.1 Å². The van der Waals surface area contributed by atoms with E-state index in [1.807, 2.05) is 65.8 Å². The number of amides is 5. The number of aromatic nitrogens is 4. The molecule has 0 aromatic carbocycles. The molecule has 25 nitrogen and oxygen atoms in total. The van der Waals surface area contributed by atoms with Gasteiger partial charge in [-0.1, -0.05) is 7.43 Å². The topological polar surface area (TPSA) is 308 Å². The Balaban J connectivity index is 0.000000220. The number of nitrogens with one attached hydrogen (secondary N) is 3. The molecule has 0 radical (unpaired) electrons. The van der Waals surface area contributed by atoms with Crippen molar-refractivity contribution in [2.24, 2.45) is 17.6 Å². The number of carboxylic acids is 1. The highest BCUT2D eigenvalue weighted by Gasteiger charge is 2.31. The summed E-state index contributed by atoms with van der Waals surface area (Å²) in [5.41, 5.74) is 7.44. The highest BCUT2D eigenvalue weighted by Crippen LogP contribution is 2.27. The second kappa shape index (κ2) is 30.7. The molecule has 25 heteroatoms. The third kappa shape index (κ3) is 19.9. The van der Waals surface area contributed by atoms with Gasteiger partial charge >= 0.3 is 17.9 Å². The van der Waals surface area contributed by atoms with Crippen LogP contribution >= 0.6 is 0 Å². The van der Waals surface area contributed by atoms with Crippen molar-refractivity contribution in [1.82, 2.24) is 45.7 Å². The minimum Gasteiger partial charge on any atom is -0.477 e. The monoisotopic (exact) mass is 1220 g/mol. The summed E-state index contributed by atoms with van der Waals surface area (Å²) >= 11 is 0. The van der Waals surface area contributed by atoms with Crippen molar-refractivity contribution in [2.75, 3.05) is 111 Å². The molecule has 476 valence electrons. The lowest BCUT2D eigenvalue weighted by molar-refractivity contribution is -0.135. The van der Waals surface area contributed by atoms with Crippen LogP contribution in [-0.4, -0.2) is 197 Å². The minimum atomic E-state index is -0.999. The Morgan fingerprint density at radius 2 is 0.955 bits per heavy atom. The lowest BCUT2D eigenvalue weighted by Gasteiger charge is -2.39. The largest absolute Gasteiger partial charge is 0.477 e. The normalized spacial score (nSPS) is 20.0. The third-order valence-corrected chi connectivity index (χ3v) is 15.9. The molecule has 6 aliphatic heterocycles. The van der Waals surface area contributed by atoms with Gasteiger partial charge in [0.2, 0.25) is 23.6 Å². The maximum absolute atomic E-state index is 12.6. The molecule has 4 aromatic heterocycles. The van der Waals surface area contributed by atoms with Crippen LogP contribution in [-0.2, 0) is 28.7 Å². The van der Waals surface area contributed by atoms with Crippen LogP contribution in [0.5, 0.6) is 0 Å². The van der Waals surface area contributed by atoms with Crippen LogP contribution < -0.4 is 41.3 Å². The lowest BCUT2D eigenvalue weighted by Crippen LogP contribution is -2.52. The van der Waals surface area contributed by atoms with Gasteiger partial charge in [-0.15, -0.1) is 0 Å². The van der Waals surface area contributed by atoms with E-state index in [9.17, 15) is 38.4 Å². The number of carboxylic acid groups (broad SMARTS) is 1. The van der Waals surface area contributed by atoms with E-state index in [1.165, 1.54) is 0 Å². The Morgan fingerprint density at radius 3 is 1.31 bits per heavy atom. The van der Waals surface area contributed by atoms with Crippen molar-refractivity contribution in [2.45, 2.75) is 124 Å². The Morgan fingerprint density at radius 1 is 0.534 bits per heavy atom. The van der Waals surface area contributed by atoms with Gasteiger partial charge < -0.3 is 45.2 Å². The van der Waals surface area contributed by atoms with Crippen molar-refractivity contribution in [3.05, 3.63) is 95.8 Å². The second-order valence-corrected chi connectivity index (χ2v) is 24.9. The fraction of sp³-hybridized carbons (Fsp3) is 0.556. The SMILES string of the molecule is C.CC(C)(C)OC(=O)c1ccc(N2CCC(CN3CCN(c4ccc(C(=O)NC5CCC(=O)NC5=O)nc4)CC3)CC2)nc1.CC(C)(C)OC(=O)c1ccc(N2CCC(CN3CCN(c4ccc(C(=O)O)nc4)CC3)CC2)nc1.NC1CCC(=O)NC1=O. The molecule has 2 atom stereocenters. The van der Waals surface area contributed by atoms with Gasteiger partial charge in [0.25, 0.3) is 5.91 Å². The van der Waals surface area contributed by atoms with Gasteiger partial charge in [-0.3, -0.25) is 44.4 Å². The quantitative estimate of drug-likeness (QED) is 0.0905. The molecule has 6 aliphatic rings. The number of pyridine rings is 4. The molecule has 88 heavy (non-hydrogen) atoms. The summed E-state index contributed by atoms with van der Waals surface area (Å²) in [5, 5.41) is 16.1. The molecular formula is C63H88N14O11. The molecule has 6 fully saturated rings. The maximum Gasteiger partial charge on any atom is 0.354 e. The first-order chi connectivity index (χ1) is 41.4. The van der Waals surface area contributed by atoms with Crippen LogP contribution in [0.3, 0.4) is 0 Å². The van der Waals surface area contributed by atoms with Crippen LogP contribution in [0.4, 0.5) is 23.0 Å². The van der Waals surface area contributed by atoms with Crippen molar-refractivity contribution < 1.29 is 52.9 Å². The zero-order valence-electron chi connectivity index (χ0n) is 50.9. The fourth-order valence-electron chi connectivity index (χ4n) is 11.0. The number of ether oxygens (including phenoxy) is 2. The first-order valence-electron chi connectivity index (χ1n) is 30.1. The molecule has 5 amide bonds. The van der Waals surface area contributed by atoms with E-state index >= 15 is 0 Å². The summed E-state index contributed by atoms with van der Waals surface area (Å²) in [6.45, 7) is 24.6. The van der Waals surface area contributed by atoms with E-state index in [-0.39, 0.29) is 54.9 Å². The lowest BCUT2D eigenvalue weighted by atomic mass is 9.96. The van der Waals surface area contributed by atoms with Crippen molar-refractivity contribution >= 4 is 70.5 Å². The van der Waals surface area contributed by atoms with E-state index in [4.69, 9.17) is 20.3 Å². The number of piperidine rings is 4. The van der Waals surface area contributed by atoms with Gasteiger partial charge in [-0.25, -0.2) is 34.3 Å².